The predicted molar refractivity (Wildman–Crippen MR) is 128 cm³/mol. The summed E-state index contributed by atoms with van der Waals surface area (Å²) in [6, 6.07) is 4.00. The van der Waals surface area contributed by atoms with E-state index in [1.807, 2.05) is 0 Å². The van der Waals surface area contributed by atoms with Crippen LogP contribution in [0.1, 0.15) is 19.4 Å². The number of aromatic nitrogens is 2. The molecule has 16 heteroatoms. The molecular formula is C22H25F3N6O6S. The summed E-state index contributed by atoms with van der Waals surface area (Å²) in [4.78, 5) is 37.2. The van der Waals surface area contributed by atoms with Gasteiger partial charge < -0.3 is 14.5 Å². The first kappa shape index (κ1) is 27.5. The molecule has 2 saturated heterocycles. The van der Waals surface area contributed by atoms with E-state index in [4.69, 9.17) is 4.74 Å². The lowest BCUT2D eigenvalue weighted by Crippen LogP contribution is -2.49. The zero-order valence-electron chi connectivity index (χ0n) is 20.3. The number of amides is 2. The molecule has 2 aromatic heterocycles. The first-order valence-electron chi connectivity index (χ1n) is 11.5. The van der Waals surface area contributed by atoms with E-state index >= 15 is 0 Å². The fourth-order valence-corrected chi connectivity index (χ4v) is 4.89. The highest BCUT2D eigenvalue weighted by Gasteiger charge is 2.47. The minimum Gasteiger partial charge on any atom is -0.409 e. The minimum absolute atomic E-state index is 0.0361. The summed E-state index contributed by atoms with van der Waals surface area (Å²) in [6.07, 6.45) is -3.25. The molecule has 12 nitrogen and oxygen atoms in total. The van der Waals surface area contributed by atoms with Gasteiger partial charge in [-0.15, -0.1) is 0 Å². The van der Waals surface area contributed by atoms with Crippen molar-refractivity contribution >= 4 is 33.8 Å². The van der Waals surface area contributed by atoms with Gasteiger partial charge in [-0.1, -0.05) is 13.8 Å². The van der Waals surface area contributed by atoms with Crippen LogP contribution in [0, 0.1) is 5.92 Å². The maximum Gasteiger partial charge on any atom is 0.417 e. The van der Waals surface area contributed by atoms with Gasteiger partial charge in [-0.2, -0.15) is 21.6 Å². The monoisotopic (exact) mass is 558 g/mol. The Kier molecular flexibility index (Phi) is 7.49. The summed E-state index contributed by atoms with van der Waals surface area (Å²) in [5.41, 5.74) is -2.56. The van der Waals surface area contributed by atoms with Gasteiger partial charge >= 0.3 is 22.4 Å². The third kappa shape index (κ3) is 5.81. The van der Waals surface area contributed by atoms with Crippen LogP contribution in [0.4, 0.5) is 29.6 Å². The van der Waals surface area contributed by atoms with Crippen molar-refractivity contribution in [2.45, 2.75) is 31.6 Å². The van der Waals surface area contributed by atoms with Crippen molar-refractivity contribution in [1.29, 1.82) is 0 Å². The molecule has 0 bridgehead atoms. The average Bonchev–Trinajstić information content (AvgIpc) is 3.22. The molecular weight excluding hydrogens is 533 g/mol. The van der Waals surface area contributed by atoms with Crippen LogP contribution in [0.5, 0.6) is 5.75 Å². The highest BCUT2D eigenvalue weighted by molar-refractivity contribution is 7.86. The normalized spacial score (nSPS) is 20.8. The summed E-state index contributed by atoms with van der Waals surface area (Å²) in [5, 5.41) is 2.59. The van der Waals surface area contributed by atoms with Crippen molar-refractivity contribution < 1.29 is 40.5 Å². The molecule has 2 fully saturated rings. The quantitative estimate of drug-likeness (QED) is 0.522. The molecule has 0 aromatic carbocycles. The maximum absolute atomic E-state index is 12.8. The molecule has 2 amide bonds. The van der Waals surface area contributed by atoms with Gasteiger partial charge in [-0.25, -0.2) is 14.8 Å². The number of anilines is 2. The van der Waals surface area contributed by atoms with Crippen molar-refractivity contribution in [3.05, 3.63) is 42.2 Å². The predicted octanol–water partition coefficient (Wildman–Crippen LogP) is 1.95. The summed E-state index contributed by atoms with van der Waals surface area (Å²) in [7, 11) is -4.67. The summed E-state index contributed by atoms with van der Waals surface area (Å²) >= 11 is 0. The van der Waals surface area contributed by atoms with Crippen LogP contribution in [0.3, 0.4) is 0 Å². The second-order valence-corrected chi connectivity index (χ2v) is 10.5. The topological polar surface area (TPSA) is 145 Å². The van der Waals surface area contributed by atoms with Crippen LogP contribution in [0.2, 0.25) is 0 Å². The number of hydrogen-bond acceptors (Lipinski definition) is 9. The number of carbonyl (C=O) groups excluding carboxylic acids is 2. The Hall–Kier alpha value is -3.50. The van der Waals surface area contributed by atoms with Gasteiger partial charge in [0.1, 0.15) is 11.6 Å². The van der Waals surface area contributed by atoms with Crippen LogP contribution in [0.15, 0.2) is 36.7 Å². The van der Waals surface area contributed by atoms with Crippen molar-refractivity contribution in [2.24, 2.45) is 5.92 Å². The van der Waals surface area contributed by atoms with Crippen LogP contribution < -0.4 is 19.9 Å². The Bertz CT molecular complexity index is 1280. The maximum atomic E-state index is 12.8. The lowest BCUT2D eigenvalue weighted by Gasteiger charge is -2.34. The van der Waals surface area contributed by atoms with Crippen LogP contribution in [-0.2, 0) is 21.1 Å². The number of alkyl halides is 3. The smallest absolute Gasteiger partial charge is 0.409 e. The SMILES string of the molecule is CC(C)C1NC(S(=O)(=O)O)N(c2ccc(OC(=O)N3CCN(c4ccc(C(F)(F)F)cn4)CC3)cn2)C1=O. The number of hydrogen-bond donors (Lipinski definition) is 2. The van der Waals surface area contributed by atoms with Gasteiger partial charge in [0.2, 0.25) is 11.4 Å². The number of piperazine rings is 1. The van der Waals surface area contributed by atoms with E-state index < -0.39 is 45.4 Å². The van der Waals surface area contributed by atoms with E-state index in [0.717, 1.165) is 23.4 Å². The zero-order chi connectivity index (χ0) is 27.8. The molecule has 4 rings (SSSR count). The Morgan fingerprint density at radius 3 is 2.21 bits per heavy atom. The first-order chi connectivity index (χ1) is 17.8. The van der Waals surface area contributed by atoms with Crippen LogP contribution in [-0.4, -0.2) is 77.6 Å². The molecule has 4 heterocycles. The number of rotatable bonds is 5. The minimum atomic E-state index is -4.67. The first-order valence-corrected chi connectivity index (χ1v) is 13.0. The van der Waals surface area contributed by atoms with Crippen LogP contribution >= 0.6 is 0 Å². The van der Waals surface area contributed by atoms with Gasteiger partial charge in [0.05, 0.1) is 17.8 Å². The lowest BCUT2D eigenvalue weighted by molar-refractivity contribution is -0.137. The second-order valence-electron chi connectivity index (χ2n) is 9.06. The van der Waals surface area contributed by atoms with Gasteiger partial charge in [-0.3, -0.25) is 19.6 Å². The largest absolute Gasteiger partial charge is 0.417 e. The summed E-state index contributed by atoms with van der Waals surface area (Å²) < 4.78 is 76.8. The molecule has 2 N–H and O–H groups in total. The Morgan fingerprint density at radius 2 is 1.71 bits per heavy atom. The molecule has 2 aliphatic heterocycles. The number of halogens is 3. The fourth-order valence-electron chi connectivity index (χ4n) is 4.09. The van der Waals surface area contributed by atoms with Crippen molar-refractivity contribution in [2.75, 3.05) is 36.0 Å². The van der Waals surface area contributed by atoms with Crippen LogP contribution in [0.25, 0.3) is 0 Å². The van der Waals surface area contributed by atoms with Crippen molar-refractivity contribution in [3.8, 4) is 5.75 Å². The number of ether oxygens (including phenoxy) is 1. The molecule has 38 heavy (non-hydrogen) atoms. The van der Waals surface area contributed by atoms with Gasteiger partial charge in [0.25, 0.3) is 0 Å². The molecule has 0 spiro atoms. The van der Waals surface area contributed by atoms with Gasteiger partial charge in [0.15, 0.2) is 5.75 Å². The average molecular weight is 559 g/mol. The molecule has 2 unspecified atom stereocenters. The van der Waals surface area contributed by atoms with E-state index in [0.29, 0.717) is 18.9 Å². The summed E-state index contributed by atoms with van der Waals surface area (Å²) in [5.74, 6) is -0.507. The third-order valence-corrected chi connectivity index (χ3v) is 7.03. The van der Waals surface area contributed by atoms with Gasteiger partial charge in [0, 0.05) is 32.4 Å². The fraction of sp³-hybridized carbons (Fsp3) is 0.455. The lowest BCUT2D eigenvalue weighted by atomic mass is 10.1. The highest BCUT2D eigenvalue weighted by Crippen LogP contribution is 2.30. The summed E-state index contributed by atoms with van der Waals surface area (Å²) in [6.45, 7) is 4.54. The molecule has 206 valence electrons. The van der Waals surface area contributed by atoms with Crippen molar-refractivity contribution in [3.63, 3.8) is 0 Å². The Balaban J connectivity index is 1.36. The third-order valence-electron chi connectivity index (χ3n) is 6.12. The molecule has 0 aliphatic carbocycles. The molecule has 0 radical (unpaired) electrons. The van der Waals surface area contributed by atoms with E-state index in [9.17, 15) is 35.7 Å². The molecule has 0 saturated carbocycles. The highest BCUT2D eigenvalue weighted by atomic mass is 32.2. The number of nitrogens with one attached hydrogen (secondary N) is 1. The van der Waals surface area contributed by atoms with E-state index in [1.54, 1.807) is 18.7 Å². The number of nitrogens with zero attached hydrogens (tertiary/aromatic N) is 5. The number of pyridine rings is 2. The van der Waals surface area contributed by atoms with E-state index in [2.05, 4.69) is 15.3 Å². The molecule has 2 aromatic rings. The van der Waals surface area contributed by atoms with E-state index in [1.165, 1.54) is 23.1 Å². The molecule has 2 aliphatic rings. The zero-order valence-corrected chi connectivity index (χ0v) is 21.1. The standard InChI is InChI=1S/C22H25F3N6O6S/c1-13(2)18-19(32)31(20(28-18)38(34,35)36)17-6-4-15(12-27-17)37-21(33)30-9-7-29(8-10-30)16-5-3-14(11-26-16)22(23,24)25/h3-6,11-13,18,20,28H,7-10H2,1-2H3,(H,34,35,36). The Morgan fingerprint density at radius 1 is 1.08 bits per heavy atom. The van der Waals surface area contributed by atoms with E-state index in [-0.39, 0.29) is 30.6 Å². The van der Waals surface area contributed by atoms with Crippen molar-refractivity contribution in [1.82, 2.24) is 20.2 Å². The number of carbonyl (C=O) groups is 2. The second kappa shape index (κ2) is 10.3. The Labute approximate surface area is 216 Å². The molecule has 2 atom stereocenters. The van der Waals surface area contributed by atoms with Gasteiger partial charge in [-0.05, 0) is 30.2 Å².